The second kappa shape index (κ2) is 27.8. The topological polar surface area (TPSA) is 267 Å². The first kappa shape index (κ1) is 56.1. The minimum Gasteiger partial charge on any atom is -0.489 e. The second-order valence-corrected chi connectivity index (χ2v) is 19.8. The molecule has 5 aromatic carbocycles. The molecule has 6 aromatic rings. The molecule has 78 heavy (non-hydrogen) atoms. The van der Waals surface area contributed by atoms with E-state index in [9.17, 15) is 24.0 Å². The van der Waals surface area contributed by atoms with E-state index < -0.39 is 83.9 Å². The lowest BCUT2D eigenvalue weighted by atomic mass is 9.99. The van der Waals surface area contributed by atoms with E-state index in [4.69, 9.17) is 15.2 Å². The van der Waals surface area contributed by atoms with Crippen LogP contribution in [0.5, 0.6) is 5.75 Å². The number of amides is 7. The number of hydrogen-bond acceptors (Lipinski definition) is 11. The van der Waals surface area contributed by atoms with Gasteiger partial charge in [-0.3, -0.25) is 33.9 Å². The Labute approximate surface area is 455 Å². The summed E-state index contributed by atoms with van der Waals surface area (Å²) in [6.07, 6.45) is 0.743. The molecule has 2 aliphatic rings. The molecular weight excluding hydrogens is 1010 g/mol. The Morgan fingerprint density at radius 2 is 1.21 bits per heavy atom. The third-order valence-electron chi connectivity index (χ3n) is 13.8. The van der Waals surface area contributed by atoms with Gasteiger partial charge in [-0.05, 0) is 71.8 Å². The standard InChI is InChI=1S/C58H67N10O9P/c59-27-13-12-22-46-52(69)64-47(30-38-23-25-42(26-24-38)76-36-39-16-6-2-7-17-39)53(70)66-49(31-37-14-4-1-5-15-37)57(74)68-35-43(77-58(75)60-28-29-62-78)33-50(68)55(72)67-51(40-18-8-3-9-19-40)56(73)65-48(54(71)63-46)32-41-34-61-45-21-11-10-20-44(41)45/h1-11,14-21,23-26,34,43,46-51,61-62H,12-13,22,27-33,35-36,59,78H2,(H,60,75)(H,63,71)(H,64,69)(H,65,73)(H,66,70)(H,67,72)/t43?,46-,47-,48?,49-,50+,51-/m1/s1. The molecule has 0 spiro atoms. The number of nitrogens with two attached hydrogens (primary N) is 1. The molecule has 2 saturated heterocycles. The highest BCUT2D eigenvalue weighted by molar-refractivity contribution is 7.13. The smallest absolute Gasteiger partial charge is 0.407 e. The van der Waals surface area contributed by atoms with Crippen LogP contribution in [0.4, 0.5) is 4.79 Å². The van der Waals surface area contributed by atoms with Crippen LogP contribution in [0.15, 0.2) is 146 Å². The molecule has 10 N–H and O–H groups in total. The van der Waals surface area contributed by atoms with Gasteiger partial charge >= 0.3 is 6.09 Å². The largest absolute Gasteiger partial charge is 0.489 e. The zero-order chi connectivity index (χ0) is 54.8. The summed E-state index contributed by atoms with van der Waals surface area (Å²) in [5.74, 6) is -3.72. The molecule has 8 rings (SSSR count). The Balaban J connectivity index is 1.19. The highest BCUT2D eigenvalue weighted by Gasteiger charge is 2.45. The number of H-pyrrole nitrogens is 1. The number of fused-ring (bicyclic) bond motifs is 2. The average Bonchev–Trinajstić information content (AvgIpc) is 4.13. The third-order valence-corrected chi connectivity index (χ3v) is 14.1. The van der Waals surface area contributed by atoms with Gasteiger partial charge in [0.2, 0.25) is 35.4 Å². The zero-order valence-corrected chi connectivity index (χ0v) is 44.3. The number of hydrogen-bond donors (Lipinski definition) is 9. The summed E-state index contributed by atoms with van der Waals surface area (Å²) in [6, 6.07) is 33.7. The van der Waals surface area contributed by atoms with Crippen LogP contribution in [0, 0.1) is 0 Å². The van der Waals surface area contributed by atoms with Crippen molar-refractivity contribution in [2.24, 2.45) is 5.73 Å². The fourth-order valence-corrected chi connectivity index (χ4v) is 9.85. The van der Waals surface area contributed by atoms with Gasteiger partial charge in [0.05, 0.1) is 6.54 Å². The van der Waals surface area contributed by atoms with Crippen LogP contribution in [-0.4, -0.2) is 114 Å². The van der Waals surface area contributed by atoms with Crippen LogP contribution in [0.25, 0.3) is 10.9 Å². The lowest BCUT2D eigenvalue weighted by Crippen LogP contribution is -2.61. The van der Waals surface area contributed by atoms with Gasteiger partial charge in [-0.25, -0.2) is 4.79 Å². The Kier molecular flexibility index (Phi) is 20.0. The molecule has 408 valence electrons. The van der Waals surface area contributed by atoms with Crippen molar-refractivity contribution in [1.82, 2.24) is 46.9 Å². The number of nitrogens with zero attached hydrogens (tertiary/aromatic N) is 1. The molecular formula is C58H67N10O9P. The van der Waals surface area contributed by atoms with Crippen LogP contribution in [0.3, 0.4) is 0 Å². The summed E-state index contributed by atoms with van der Waals surface area (Å²) < 4.78 is 11.8. The van der Waals surface area contributed by atoms with Crippen molar-refractivity contribution in [3.8, 4) is 5.75 Å². The molecule has 0 radical (unpaired) electrons. The van der Waals surface area contributed by atoms with E-state index in [-0.39, 0.29) is 45.2 Å². The summed E-state index contributed by atoms with van der Waals surface area (Å²) in [5.41, 5.74) is 10.1. The van der Waals surface area contributed by atoms with Crippen molar-refractivity contribution in [2.75, 3.05) is 26.2 Å². The third kappa shape index (κ3) is 15.3. The number of aromatic nitrogens is 1. The fourth-order valence-electron chi connectivity index (χ4n) is 9.71. The zero-order valence-electron chi connectivity index (χ0n) is 43.2. The maximum absolute atomic E-state index is 15.4. The number of ether oxygens (including phenoxy) is 2. The molecule has 0 saturated carbocycles. The van der Waals surface area contributed by atoms with Gasteiger partial charge in [-0.2, -0.15) is 0 Å². The normalized spacial score (nSPS) is 21.5. The Bertz CT molecular complexity index is 2990. The van der Waals surface area contributed by atoms with E-state index in [1.165, 1.54) is 4.90 Å². The Morgan fingerprint density at radius 3 is 1.91 bits per heavy atom. The first-order valence-corrected chi connectivity index (χ1v) is 26.8. The number of aromatic amines is 1. The van der Waals surface area contributed by atoms with E-state index in [0.29, 0.717) is 60.5 Å². The average molecular weight is 1080 g/mol. The van der Waals surface area contributed by atoms with Gasteiger partial charge in [0.25, 0.3) is 0 Å². The monoisotopic (exact) mass is 1080 g/mol. The lowest BCUT2D eigenvalue weighted by molar-refractivity contribution is -0.143. The van der Waals surface area contributed by atoms with Crippen LogP contribution >= 0.6 is 9.39 Å². The molecule has 7 amide bonds. The SMILES string of the molecule is NCCCC[C@H]1NC(=O)C(Cc2c[nH]c3ccccc23)NC(=O)[C@@H](c2ccccc2)NC(=O)[C@@H]2CC(OC(=O)NCCNP)CN2C(=O)[C@@H](Cc2ccccc2)NC(=O)[C@@H](Cc2ccc(OCc3ccccc3)cc2)NC1=O. The summed E-state index contributed by atoms with van der Waals surface area (Å²) in [5, 5.41) is 20.9. The quantitative estimate of drug-likeness (QED) is 0.0442. The van der Waals surface area contributed by atoms with Gasteiger partial charge in [-0.1, -0.05) is 131 Å². The molecule has 1 aromatic heterocycles. The van der Waals surface area contributed by atoms with E-state index >= 15 is 9.59 Å². The van der Waals surface area contributed by atoms with Crippen molar-refractivity contribution in [1.29, 1.82) is 0 Å². The van der Waals surface area contributed by atoms with E-state index in [1.54, 1.807) is 85.1 Å². The summed E-state index contributed by atoms with van der Waals surface area (Å²) in [4.78, 5) is 108. The summed E-state index contributed by atoms with van der Waals surface area (Å²) in [6.45, 7) is 1.03. The van der Waals surface area contributed by atoms with Crippen LogP contribution in [0.1, 0.15) is 59.5 Å². The van der Waals surface area contributed by atoms with E-state index in [1.807, 2.05) is 60.7 Å². The number of para-hydroxylation sites is 1. The van der Waals surface area contributed by atoms with Crippen LogP contribution < -0.4 is 47.5 Å². The highest BCUT2D eigenvalue weighted by atomic mass is 31.0. The summed E-state index contributed by atoms with van der Waals surface area (Å²) >= 11 is 0. The first-order chi connectivity index (χ1) is 38.0. The molecule has 2 aliphatic heterocycles. The van der Waals surface area contributed by atoms with Crippen LogP contribution in [0.2, 0.25) is 0 Å². The highest BCUT2D eigenvalue weighted by Crippen LogP contribution is 2.26. The maximum atomic E-state index is 15.4. The van der Waals surface area contributed by atoms with Gasteiger partial charge in [0.1, 0.15) is 54.7 Å². The molecule has 8 atom stereocenters. The van der Waals surface area contributed by atoms with Crippen molar-refractivity contribution in [3.63, 3.8) is 0 Å². The van der Waals surface area contributed by atoms with E-state index in [2.05, 4.69) is 51.4 Å². The predicted octanol–water partition coefficient (Wildman–Crippen LogP) is 3.79. The van der Waals surface area contributed by atoms with Crippen molar-refractivity contribution >= 4 is 61.8 Å². The van der Waals surface area contributed by atoms with Crippen molar-refractivity contribution < 1.29 is 43.0 Å². The number of carbonyl (C=O) groups is 7. The van der Waals surface area contributed by atoms with E-state index in [0.717, 1.165) is 16.5 Å². The lowest BCUT2D eigenvalue weighted by Gasteiger charge is -2.32. The van der Waals surface area contributed by atoms with Crippen molar-refractivity contribution in [2.45, 2.75) is 93.9 Å². The minimum absolute atomic E-state index is 0.0355. The molecule has 3 heterocycles. The van der Waals surface area contributed by atoms with Gasteiger partial charge in [-0.15, -0.1) is 0 Å². The molecule has 19 nitrogen and oxygen atoms in total. The Morgan fingerprint density at radius 1 is 0.615 bits per heavy atom. The minimum atomic E-state index is -1.41. The van der Waals surface area contributed by atoms with Gasteiger partial charge in [0.15, 0.2) is 0 Å². The molecule has 0 bridgehead atoms. The molecule has 2 fully saturated rings. The number of benzene rings is 5. The molecule has 0 aliphatic carbocycles. The number of alkyl carbamates (subject to hydrolysis) is 1. The van der Waals surface area contributed by atoms with Crippen molar-refractivity contribution in [3.05, 3.63) is 174 Å². The van der Waals surface area contributed by atoms with Gasteiger partial charge < -0.3 is 57.0 Å². The number of nitrogens with one attached hydrogen (secondary N) is 8. The summed E-state index contributed by atoms with van der Waals surface area (Å²) in [7, 11) is 2.34. The number of unbranched alkanes of at least 4 members (excludes halogenated alkanes) is 1. The Hall–Kier alpha value is -8.12. The fraction of sp³-hybridized carbons (Fsp3) is 0.328. The van der Waals surface area contributed by atoms with Gasteiger partial charge in [0, 0.05) is 55.9 Å². The number of carbonyl (C=O) groups excluding carboxylic acids is 7. The maximum Gasteiger partial charge on any atom is 0.407 e. The molecule has 20 heteroatoms. The second-order valence-electron chi connectivity index (χ2n) is 19.4. The number of rotatable bonds is 18. The first-order valence-electron chi connectivity index (χ1n) is 26.3. The van der Waals surface area contributed by atoms with Crippen LogP contribution in [-0.2, 0) is 59.4 Å². The molecule has 3 unspecified atom stereocenters. The predicted molar refractivity (Wildman–Crippen MR) is 297 cm³/mol.